The maximum Gasteiger partial charge on any atom is 0.183 e. The van der Waals surface area contributed by atoms with Crippen LogP contribution in [-0.2, 0) is 22.0 Å². The molecule has 1 N–H and O–H groups in total. The van der Waals surface area contributed by atoms with Crippen LogP contribution in [0.3, 0.4) is 0 Å². The zero-order chi connectivity index (χ0) is 18.9. The van der Waals surface area contributed by atoms with Gasteiger partial charge in [0.2, 0.25) is 0 Å². The van der Waals surface area contributed by atoms with Crippen LogP contribution in [0.5, 0.6) is 0 Å². The average molecular weight is 391 g/mol. The molecule has 3 aromatic rings. The molecule has 0 spiro atoms. The second-order valence-corrected chi connectivity index (χ2v) is 9.22. The highest BCUT2D eigenvalue weighted by Gasteiger charge is 2.22. The summed E-state index contributed by atoms with van der Waals surface area (Å²) < 4.78 is 25.8. The first-order chi connectivity index (χ1) is 12.3. The first kappa shape index (κ1) is 19.0. The number of fused-ring (bicyclic) bond motifs is 1. The molecule has 2 aromatic carbocycles. The summed E-state index contributed by atoms with van der Waals surface area (Å²) in [4.78, 5) is 5.76. The Morgan fingerprint density at radius 3 is 2.42 bits per heavy atom. The molecule has 0 amide bonds. The zero-order valence-corrected chi connectivity index (χ0v) is 16.8. The van der Waals surface area contributed by atoms with Crippen LogP contribution in [0, 0.1) is 6.92 Å². The van der Waals surface area contributed by atoms with Gasteiger partial charge in [0.05, 0.1) is 21.2 Å². The van der Waals surface area contributed by atoms with Crippen molar-refractivity contribution in [3.63, 3.8) is 0 Å². The fraction of sp³-hybridized carbons (Fsp3) is 0.300. The molecule has 0 saturated carbocycles. The summed E-state index contributed by atoms with van der Waals surface area (Å²) in [5.41, 5.74) is 3.69. The third kappa shape index (κ3) is 3.80. The van der Waals surface area contributed by atoms with Gasteiger partial charge in [0.25, 0.3) is 0 Å². The predicted octanol–water partition coefficient (Wildman–Crippen LogP) is 4.21. The lowest BCUT2D eigenvalue weighted by molar-refractivity contribution is 0.414. The SMILES string of the molecule is Cc1ccc(Cl)c2c(CCN(C)C)c(CS(=O)(=O)c3ccccc3)[nH]c12. The number of H-pyrrole nitrogens is 1. The van der Waals surface area contributed by atoms with Gasteiger partial charge >= 0.3 is 0 Å². The summed E-state index contributed by atoms with van der Waals surface area (Å²) in [5.74, 6) is -0.0653. The van der Waals surface area contributed by atoms with Gasteiger partial charge in [-0.05, 0) is 56.8 Å². The van der Waals surface area contributed by atoms with Crippen molar-refractivity contribution in [2.24, 2.45) is 0 Å². The van der Waals surface area contributed by atoms with Gasteiger partial charge in [-0.3, -0.25) is 0 Å². The second-order valence-electron chi connectivity index (χ2n) is 6.82. The van der Waals surface area contributed by atoms with Crippen LogP contribution >= 0.6 is 11.6 Å². The minimum absolute atomic E-state index is 0.0653. The fourth-order valence-corrected chi connectivity index (χ4v) is 4.79. The van der Waals surface area contributed by atoms with Crippen LogP contribution in [0.25, 0.3) is 10.9 Å². The van der Waals surface area contributed by atoms with Crippen LogP contribution in [0.1, 0.15) is 16.8 Å². The lowest BCUT2D eigenvalue weighted by atomic mass is 10.1. The number of aryl methyl sites for hydroxylation is 1. The van der Waals surface area contributed by atoms with Crippen molar-refractivity contribution >= 4 is 32.3 Å². The van der Waals surface area contributed by atoms with Gasteiger partial charge in [-0.15, -0.1) is 0 Å². The van der Waals surface area contributed by atoms with E-state index in [1.807, 2.05) is 39.2 Å². The number of aromatic amines is 1. The maximum atomic E-state index is 12.9. The molecule has 0 radical (unpaired) electrons. The smallest absolute Gasteiger partial charge is 0.183 e. The van der Waals surface area contributed by atoms with Gasteiger partial charge in [0.1, 0.15) is 0 Å². The quantitative estimate of drug-likeness (QED) is 0.686. The Kier molecular flexibility index (Phi) is 5.42. The summed E-state index contributed by atoms with van der Waals surface area (Å²) in [7, 11) is 0.568. The van der Waals surface area contributed by atoms with Gasteiger partial charge in [-0.2, -0.15) is 0 Å². The van der Waals surface area contributed by atoms with Crippen molar-refractivity contribution in [2.75, 3.05) is 20.6 Å². The topological polar surface area (TPSA) is 53.2 Å². The van der Waals surface area contributed by atoms with Crippen LogP contribution < -0.4 is 0 Å². The van der Waals surface area contributed by atoms with E-state index in [0.29, 0.717) is 9.92 Å². The van der Waals surface area contributed by atoms with E-state index >= 15 is 0 Å². The molecule has 0 unspecified atom stereocenters. The Labute approximate surface area is 159 Å². The molecule has 0 aliphatic heterocycles. The van der Waals surface area contributed by atoms with Crippen molar-refractivity contribution in [2.45, 2.75) is 24.0 Å². The predicted molar refractivity (Wildman–Crippen MR) is 108 cm³/mol. The zero-order valence-electron chi connectivity index (χ0n) is 15.2. The highest BCUT2D eigenvalue weighted by molar-refractivity contribution is 7.90. The van der Waals surface area contributed by atoms with E-state index in [0.717, 1.165) is 40.7 Å². The number of rotatable bonds is 6. The van der Waals surface area contributed by atoms with E-state index in [2.05, 4.69) is 9.88 Å². The summed E-state index contributed by atoms with van der Waals surface area (Å²) >= 11 is 6.47. The molecule has 0 fully saturated rings. The van der Waals surface area contributed by atoms with E-state index in [9.17, 15) is 8.42 Å². The molecular weight excluding hydrogens is 368 g/mol. The van der Waals surface area contributed by atoms with Crippen molar-refractivity contribution in [3.8, 4) is 0 Å². The van der Waals surface area contributed by atoms with Gasteiger partial charge in [0.15, 0.2) is 9.84 Å². The minimum atomic E-state index is -3.44. The Morgan fingerprint density at radius 1 is 1.08 bits per heavy atom. The number of nitrogens with zero attached hydrogens (tertiary/aromatic N) is 1. The highest BCUT2D eigenvalue weighted by Crippen LogP contribution is 2.33. The molecule has 1 heterocycles. The lowest BCUT2D eigenvalue weighted by Crippen LogP contribution is -2.16. The monoisotopic (exact) mass is 390 g/mol. The first-order valence-corrected chi connectivity index (χ1v) is 10.5. The largest absolute Gasteiger partial charge is 0.357 e. The van der Waals surface area contributed by atoms with Gasteiger partial charge in [-0.25, -0.2) is 8.42 Å². The van der Waals surface area contributed by atoms with E-state index in [-0.39, 0.29) is 5.75 Å². The standard InChI is InChI=1S/C20H23ClN2O2S/c1-14-9-10-17(21)19-16(11-12-23(2)3)18(22-20(14)19)13-26(24,25)15-7-5-4-6-8-15/h4-10,22H,11-13H2,1-3H3. The molecule has 0 saturated heterocycles. The normalized spacial score (nSPS) is 12.2. The lowest BCUT2D eigenvalue weighted by Gasteiger charge is -2.11. The van der Waals surface area contributed by atoms with Crippen molar-refractivity contribution in [1.82, 2.24) is 9.88 Å². The maximum absolute atomic E-state index is 12.9. The first-order valence-electron chi connectivity index (χ1n) is 8.50. The Bertz CT molecular complexity index is 1020. The molecule has 0 atom stereocenters. The summed E-state index contributed by atoms with van der Waals surface area (Å²) in [6, 6.07) is 12.4. The number of benzene rings is 2. The Balaban J connectivity index is 2.11. The average Bonchev–Trinajstić information content (AvgIpc) is 2.96. The number of nitrogens with one attached hydrogen (secondary N) is 1. The van der Waals surface area contributed by atoms with E-state index in [1.165, 1.54) is 0 Å². The third-order valence-electron chi connectivity index (χ3n) is 4.55. The van der Waals surface area contributed by atoms with Crippen LogP contribution in [0.2, 0.25) is 5.02 Å². The summed E-state index contributed by atoms with van der Waals surface area (Å²) in [6.07, 6.45) is 0.732. The number of aromatic nitrogens is 1. The molecular formula is C20H23ClN2O2S. The molecule has 0 aliphatic rings. The van der Waals surface area contributed by atoms with Gasteiger partial charge in [0, 0.05) is 17.6 Å². The molecule has 0 bridgehead atoms. The highest BCUT2D eigenvalue weighted by atomic mass is 35.5. The molecule has 138 valence electrons. The Morgan fingerprint density at radius 2 is 1.77 bits per heavy atom. The summed E-state index contributed by atoms with van der Waals surface area (Å²) in [5, 5.41) is 1.59. The molecule has 1 aromatic heterocycles. The Hall–Kier alpha value is -1.82. The number of likely N-dealkylation sites (N-methyl/N-ethyl adjacent to an activating group) is 1. The third-order valence-corrected chi connectivity index (χ3v) is 6.52. The molecule has 26 heavy (non-hydrogen) atoms. The number of halogens is 1. The minimum Gasteiger partial charge on any atom is -0.357 e. The number of hydrogen-bond donors (Lipinski definition) is 1. The number of hydrogen-bond acceptors (Lipinski definition) is 3. The fourth-order valence-electron chi connectivity index (χ4n) is 3.15. The van der Waals surface area contributed by atoms with Crippen molar-refractivity contribution in [3.05, 3.63) is 64.3 Å². The van der Waals surface area contributed by atoms with Gasteiger partial charge < -0.3 is 9.88 Å². The van der Waals surface area contributed by atoms with E-state index in [4.69, 9.17) is 11.6 Å². The summed E-state index contributed by atoms with van der Waals surface area (Å²) in [6.45, 7) is 2.82. The van der Waals surface area contributed by atoms with E-state index in [1.54, 1.807) is 24.3 Å². The van der Waals surface area contributed by atoms with Crippen LogP contribution in [0.15, 0.2) is 47.4 Å². The molecule has 4 nitrogen and oxygen atoms in total. The van der Waals surface area contributed by atoms with E-state index < -0.39 is 9.84 Å². The van der Waals surface area contributed by atoms with Crippen molar-refractivity contribution < 1.29 is 8.42 Å². The molecule has 6 heteroatoms. The molecule has 0 aliphatic carbocycles. The molecule has 3 rings (SSSR count). The van der Waals surface area contributed by atoms with Crippen LogP contribution in [0.4, 0.5) is 0 Å². The van der Waals surface area contributed by atoms with Gasteiger partial charge in [-0.1, -0.05) is 35.9 Å². The number of sulfone groups is 1. The van der Waals surface area contributed by atoms with Crippen LogP contribution in [-0.4, -0.2) is 38.9 Å². The van der Waals surface area contributed by atoms with Crippen molar-refractivity contribution in [1.29, 1.82) is 0 Å². The second kappa shape index (κ2) is 7.43.